The molecule has 0 bridgehead atoms. The molecular formula is C22H28ClF3. The van der Waals surface area contributed by atoms with E-state index >= 15 is 0 Å². The summed E-state index contributed by atoms with van der Waals surface area (Å²) in [7, 11) is 0. The van der Waals surface area contributed by atoms with Crippen LogP contribution in [0.3, 0.4) is 0 Å². The van der Waals surface area contributed by atoms with Crippen molar-refractivity contribution >= 4 is 11.6 Å². The van der Waals surface area contributed by atoms with E-state index in [0.717, 1.165) is 30.4 Å². The number of halogens is 4. The summed E-state index contributed by atoms with van der Waals surface area (Å²) in [4.78, 5) is 0. The molecule has 0 unspecified atom stereocenters. The fourth-order valence-electron chi connectivity index (χ4n) is 4.98. The molecule has 26 heavy (non-hydrogen) atoms. The van der Waals surface area contributed by atoms with Crippen molar-refractivity contribution in [2.24, 2.45) is 23.7 Å². The van der Waals surface area contributed by atoms with E-state index in [-0.39, 0.29) is 0 Å². The summed E-state index contributed by atoms with van der Waals surface area (Å²) in [5.41, 5.74) is 2.23. The third-order valence-corrected chi connectivity index (χ3v) is 6.75. The second-order valence-electron chi connectivity index (χ2n) is 8.19. The van der Waals surface area contributed by atoms with Crippen LogP contribution in [0.1, 0.15) is 63.4 Å². The number of hydrogen-bond donors (Lipinski definition) is 0. The summed E-state index contributed by atoms with van der Waals surface area (Å²) in [6, 6.07) is 2.27. The summed E-state index contributed by atoms with van der Waals surface area (Å²) in [5, 5.41) is 0. The van der Waals surface area contributed by atoms with Crippen LogP contribution in [0.4, 0.5) is 13.2 Å². The smallest absolute Gasteiger partial charge is 0.194 e. The summed E-state index contributed by atoms with van der Waals surface area (Å²) < 4.78 is 39.7. The minimum atomic E-state index is -1.37. The lowest BCUT2D eigenvalue weighted by Gasteiger charge is -2.37. The van der Waals surface area contributed by atoms with E-state index in [4.69, 9.17) is 11.6 Å². The average Bonchev–Trinajstić information content (AvgIpc) is 2.66. The molecule has 4 heteroatoms. The SMILES string of the molecule is Fc1cc(CCC2CCC(C3CCC(C=CCl)CC3)CC2)cc(F)c1F. The van der Waals surface area contributed by atoms with Crippen LogP contribution >= 0.6 is 11.6 Å². The molecule has 0 spiro atoms. The Kier molecular flexibility index (Phi) is 7.08. The highest BCUT2D eigenvalue weighted by atomic mass is 35.5. The van der Waals surface area contributed by atoms with Crippen molar-refractivity contribution in [3.05, 3.63) is 46.8 Å². The Labute approximate surface area is 159 Å². The highest BCUT2D eigenvalue weighted by Gasteiger charge is 2.30. The molecule has 2 aliphatic rings. The van der Waals surface area contributed by atoms with Gasteiger partial charge in [0.15, 0.2) is 17.5 Å². The van der Waals surface area contributed by atoms with Crippen molar-refractivity contribution in [3.8, 4) is 0 Å². The summed E-state index contributed by atoms with van der Waals surface area (Å²) >= 11 is 5.69. The maximum Gasteiger partial charge on any atom is 0.194 e. The zero-order valence-corrected chi connectivity index (χ0v) is 16.0. The van der Waals surface area contributed by atoms with Gasteiger partial charge in [-0.25, -0.2) is 13.2 Å². The quantitative estimate of drug-likeness (QED) is 0.464. The number of benzene rings is 1. The second kappa shape index (κ2) is 9.30. The average molecular weight is 385 g/mol. The third kappa shape index (κ3) is 5.06. The van der Waals surface area contributed by atoms with E-state index in [1.807, 2.05) is 0 Å². The molecule has 1 aromatic carbocycles. The van der Waals surface area contributed by atoms with E-state index in [1.54, 1.807) is 5.54 Å². The van der Waals surface area contributed by atoms with Crippen molar-refractivity contribution < 1.29 is 13.2 Å². The van der Waals surface area contributed by atoms with Crippen LogP contribution in [0.15, 0.2) is 23.7 Å². The van der Waals surface area contributed by atoms with Crippen molar-refractivity contribution in [2.75, 3.05) is 0 Å². The van der Waals surface area contributed by atoms with Crippen molar-refractivity contribution in [1.29, 1.82) is 0 Å². The predicted octanol–water partition coefficient (Wildman–Crippen LogP) is 7.40. The molecule has 0 aliphatic heterocycles. The van der Waals surface area contributed by atoms with Crippen molar-refractivity contribution in [3.63, 3.8) is 0 Å². The fraction of sp³-hybridized carbons (Fsp3) is 0.636. The van der Waals surface area contributed by atoms with Crippen LogP contribution in [0.2, 0.25) is 0 Å². The van der Waals surface area contributed by atoms with Crippen LogP contribution in [0.25, 0.3) is 0 Å². The molecule has 0 atom stereocenters. The third-order valence-electron chi connectivity index (χ3n) is 6.60. The van der Waals surface area contributed by atoms with E-state index in [9.17, 15) is 13.2 Å². The van der Waals surface area contributed by atoms with Crippen molar-refractivity contribution in [2.45, 2.75) is 64.2 Å². The van der Waals surface area contributed by atoms with Gasteiger partial charge in [0.05, 0.1) is 0 Å². The number of aryl methyl sites for hydroxylation is 1. The molecule has 0 heterocycles. The summed E-state index contributed by atoms with van der Waals surface area (Å²) in [6.45, 7) is 0. The summed E-state index contributed by atoms with van der Waals surface area (Å²) in [6.07, 6.45) is 13.8. The molecular weight excluding hydrogens is 357 g/mol. The first-order chi connectivity index (χ1) is 12.6. The molecule has 0 saturated heterocycles. The highest BCUT2D eigenvalue weighted by Crippen LogP contribution is 2.42. The maximum absolute atomic E-state index is 13.3. The highest BCUT2D eigenvalue weighted by molar-refractivity contribution is 6.25. The lowest BCUT2D eigenvalue weighted by molar-refractivity contribution is 0.153. The Balaban J connectivity index is 1.42. The normalized spacial score (nSPS) is 30.0. The first-order valence-electron chi connectivity index (χ1n) is 9.97. The van der Waals surface area contributed by atoms with Crippen LogP contribution < -0.4 is 0 Å². The minimum Gasteiger partial charge on any atom is -0.204 e. The summed E-state index contributed by atoms with van der Waals surface area (Å²) in [5.74, 6) is -0.546. The Bertz CT molecular complexity index is 589. The van der Waals surface area contributed by atoms with Gasteiger partial charge in [-0.15, -0.1) is 0 Å². The Morgan fingerprint density at radius 3 is 1.92 bits per heavy atom. The van der Waals surface area contributed by atoms with Gasteiger partial charge in [-0.3, -0.25) is 0 Å². The fourth-order valence-corrected chi connectivity index (χ4v) is 5.19. The Hall–Kier alpha value is -0.960. The van der Waals surface area contributed by atoms with Crippen LogP contribution in [-0.4, -0.2) is 0 Å². The topological polar surface area (TPSA) is 0 Å². The van der Waals surface area contributed by atoms with E-state index in [0.29, 0.717) is 23.8 Å². The number of hydrogen-bond acceptors (Lipinski definition) is 0. The van der Waals surface area contributed by atoms with Gasteiger partial charge in [-0.05, 0) is 92.7 Å². The molecule has 2 saturated carbocycles. The molecule has 2 aliphatic carbocycles. The molecule has 0 N–H and O–H groups in total. The monoisotopic (exact) mass is 384 g/mol. The second-order valence-corrected chi connectivity index (χ2v) is 8.44. The van der Waals surface area contributed by atoms with Crippen molar-refractivity contribution in [1.82, 2.24) is 0 Å². The largest absolute Gasteiger partial charge is 0.204 e. The number of allylic oxidation sites excluding steroid dienone is 1. The van der Waals surface area contributed by atoms with Gasteiger partial charge in [-0.1, -0.05) is 30.5 Å². The first kappa shape index (κ1) is 19.8. The molecule has 0 nitrogen and oxygen atoms in total. The lowest BCUT2D eigenvalue weighted by Crippen LogP contribution is -2.25. The molecule has 144 valence electrons. The van der Waals surface area contributed by atoms with E-state index in [1.165, 1.54) is 51.4 Å². The maximum atomic E-state index is 13.3. The van der Waals surface area contributed by atoms with Gasteiger partial charge < -0.3 is 0 Å². The first-order valence-corrected chi connectivity index (χ1v) is 10.4. The molecule has 0 radical (unpaired) electrons. The molecule has 3 rings (SSSR count). The lowest BCUT2D eigenvalue weighted by atomic mass is 9.68. The van der Waals surface area contributed by atoms with Gasteiger partial charge >= 0.3 is 0 Å². The Morgan fingerprint density at radius 2 is 1.38 bits per heavy atom. The zero-order chi connectivity index (χ0) is 18.5. The molecule has 1 aromatic rings. The van der Waals surface area contributed by atoms with E-state index in [2.05, 4.69) is 6.08 Å². The zero-order valence-electron chi connectivity index (χ0n) is 15.2. The molecule has 2 fully saturated rings. The minimum absolute atomic E-state index is 0.564. The molecule has 0 amide bonds. The van der Waals surface area contributed by atoms with Crippen LogP contribution in [0.5, 0.6) is 0 Å². The Morgan fingerprint density at radius 1 is 0.846 bits per heavy atom. The number of rotatable bonds is 5. The van der Waals surface area contributed by atoms with E-state index < -0.39 is 17.5 Å². The van der Waals surface area contributed by atoms with Gasteiger partial charge in [0.2, 0.25) is 0 Å². The standard InChI is InChI=1S/C22H28ClF3/c23-12-11-16-5-9-19(10-6-16)18-7-3-15(4-8-18)1-2-17-13-20(24)22(26)21(25)14-17/h11-16,18-19H,1-10H2. The van der Waals surface area contributed by atoms with Crippen LogP contribution in [0, 0.1) is 41.1 Å². The molecule has 0 aromatic heterocycles. The van der Waals surface area contributed by atoms with Crippen LogP contribution in [-0.2, 0) is 6.42 Å². The van der Waals surface area contributed by atoms with Gasteiger partial charge in [0, 0.05) is 5.54 Å². The predicted molar refractivity (Wildman–Crippen MR) is 101 cm³/mol. The van der Waals surface area contributed by atoms with Gasteiger partial charge in [-0.2, -0.15) is 0 Å². The van der Waals surface area contributed by atoms with Gasteiger partial charge in [0.1, 0.15) is 0 Å². The van der Waals surface area contributed by atoms with Gasteiger partial charge in [0.25, 0.3) is 0 Å².